The first-order valence-corrected chi connectivity index (χ1v) is 12.8. The Kier molecular flexibility index (Phi) is 5.21. The van der Waals surface area contributed by atoms with Gasteiger partial charge in [-0.25, -0.2) is 9.97 Å². The molecule has 4 aromatic rings. The molecule has 3 aromatic heterocycles. The second-order valence-electron chi connectivity index (χ2n) is 8.71. The summed E-state index contributed by atoms with van der Waals surface area (Å²) in [6, 6.07) is 8.33. The summed E-state index contributed by atoms with van der Waals surface area (Å²) >= 11 is 3.46. The number of likely N-dealkylation sites (N-methyl/N-ethyl adjacent to an activating group) is 1. The highest BCUT2D eigenvalue weighted by atomic mass is 32.1. The number of hydrogen-bond donors (Lipinski definition) is 0. The fraction of sp³-hybridized carbons (Fsp3) is 0.435. The smallest absolute Gasteiger partial charge is 0.262 e. The van der Waals surface area contributed by atoms with Crippen LogP contribution in [0.2, 0.25) is 0 Å². The molecule has 9 heteroatoms. The zero-order valence-corrected chi connectivity index (χ0v) is 19.8. The molecule has 0 spiro atoms. The van der Waals surface area contributed by atoms with E-state index in [1.807, 2.05) is 10.6 Å². The molecule has 0 bridgehead atoms. The minimum Gasteiger partial charge on any atom is -0.345 e. The SMILES string of the molecule is CN1CCc2c(sc3ncn(CCN4CCN(c5nc6ccccc6s5)CC4)c(=O)c23)C1. The van der Waals surface area contributed by atoms with Crippen molar-refractivity contribution in [2.24, 2.45) is 0 Å². The molecule has 5 heterocycles. The van der Waals surface area contributed by atoms with Crippen molar-refractivity contribution < 1.29 is 0 Å². The lowest BCUT2D eigenvalue weighted by molar-refractivity contribution is 0.247. The van der Waals surface area contributed by atoms with E-state index in [4.69, 9.17) is 4.98 Å². The largest absolute Gasteiger partial charge is 0.345 e. The van der Waals surface area contributed by atoms with Gasteiger partial charge in [0.2, 0.25) is 0 Å². The first-order valence-electron chi connectivity index (χ1n) is 11.2. The van der Waals surface area contributed by atoms with Crippen molar-refractivity contribution in [3.63, 3.8) is 0 Å². The Morgan fingerprint density at radius 1 is 1.03 bits per heavy atom. The third-order valence-corrected chi connectivity index (χ3v) is 8.82. The summed E-state index contributed by atoms with van der Waals surface area (Å²) in [5, 5.41) is 1.98. The van der Waals surface area contributed by atoms with Crippen molar-refractivity contribution in [3.8, 4) is 0 Å². The molecule has 166 valence electrons. The van der Waals surface area contributed by atoms with Crippen LogP contribution >= 0.6 is 22.7 Å². The summed E-state index contributed by atoms with van der Waals surface area (Å²) in [7, 11) is 2.13. The lowest BCUT2D eigenvalue weighted by atomic mass is 10.1. The van der Waals surface area contributed by atoms with Crippen LogP contribution in [0.4, 0.5) is 5.13 Å². The molecule has 0 radical (unpaired) electrons. The van der Waals surface area contributed by atoms with Crippen LogP contribution < -0.4 is 10.5 Å². The van der Waals surface area contributed by atoms with Gasteiger partial charge < -0.3 is 9.80 Å². The number of hydrogen-bond acceptors (Lipinski definition) is 8. The number of thiazole rings is 1. The highest BCUT2D eigenvalue weighted by Crippen LogP contribution is 2.32. The molecule has 2 aliphatic heterocycles. The van der Waals surface area contributed by atoms with Gasteiger partial charge in [0, 0.05) is 57.2 Å². The Balaban J connectivity index is 1.12. The number of aromatic nitrogens is 3. The van der Waals surface area contributed by atoms with Crippen molar-refractivity contribution in [3.05, 3.63) is 51.4 Å². The number of anilines is 1. The highest BCUT2D eigenvalue weighted by Gasteiger charge is 2.23. The van der Waals surface area contributed by atoms with Gasteiger partial charge in [-0.05, 0) is 31.2 Å². The number of nitrogens with zero attached hydrogens (tertiary/aromatic N) is 6. The fourth-order valence-corrected chi connectivity index (χ4v) is 6.99. The predicted molar refractivity (Wildman–Crippen MR) is 132 cm³/mol. The number of rotatable bonds is 4. The number of fused-ring (bicyclic) bond motifs is 4. The Hall–Kier alpha value is -2.33. The molecule has 0 saturated carbocycles. The van der Waals surface area contributed by atoms with Crippen molar-refractivity contribution in [2.45, 2.75) is 19.5 Å². The van der Waals surface area contributed by atoms with Gasteiger partial charge in [0.25, 0.3) is 5.56 Å². The van der Waals surface area contributed by atoms with Crippen LogP contribution in [0.25, 0.3) is 20.4 Å². The topological polar surface area (TPSA) is 57.5 Å². The van der Waals surface area contributed by atoms with Crippen LogP contribution in [0.1, 0.15) is 10.4 Å². The molecule has 1 fully saturated rings. The summed E-state index contributed by atoms with van der Waals surface area (Å²) in [5.74, 6) is 0. The van der Waals surface area contributed by atoms with Crippen molar-refractivity contribution in [1.82, 2.24) is 24.3 Å². The maximum absolute atomic E-state index is 13.2. The Bertz CT molecular complexity index is 1300. The minimum absolute atomic E-state index is 0.130. The van der Waals surface area contributed by atoms with Gasteiger partial charge in [0.1, 0.15) is 4.83 Å². The molecule has 32 heavy (non-hydrogen) atoms. The fourth-order valence-electron chi connectivity index (χ4n) is 4.71. The first-order chi connectivity index (χ1) is 15.7. The zero-order chi connectivity index (χ0) is 21.7. The minimum atomic E-state index is 0.130. The number of thiophene rings is 1. The summed E-state index contributed by atoms with van der Waals surface area (Å²) < 4.78 is 3.06. The van der Waals surface area contributed by atoms with Crippen molar-refractivity contribution in [2.75, 3.05) is 51.2 Å². The molecule has 0 atom stereocenters. The third kappa shape index (κ3) is 3.63. The van der Waals surface area contributed by atoms with Gasteiger partial charge in [0.15, 0.2) is 5.13 Å². The van der Waals surface area contributed by atoms with Crippen LogP contribution in [-0.2, 0) is 19.5 Å². The molecule has 0 unspecified atom stereocenters. The van der Waals surface area contributed by atoms with Crippen molar-refractivity contribution >= 4 is 48.2 Å². The van der Waals surface area contributed by atoms with E-state index in [9.17, 15) is 4.79 Å². The second-order valence-corrected chi connectivity index (χ2v) is 10.8. The molecule has 1 aromatic carbocycles. The molecule has 0 N–H and O–H groups in total. The van der Waals surface area contributed by atoms with E-state index in [0.29, 0.717) is 6.54 Å². The summed E-state index contributed by atoms with van der Waals surface area (Å²) in [5.41, 5.74) is 2.45. The normalized spacial score (nSPS) is 18.0. The molecular weight excluding hydrogens is 440 g/mol. The van der Waals surface area contributed by atoms with Gasteiger partial charge in [-0.15, -0.1) is 11.3 Å². The van der Waals surface area contributed by atoms with Crippen LogP contribution in [-0.4, -0.2) is 70.7 Å². The second kappa shape index (κ2) is 8.22. The maximum Gasteiger partial charge on any atom is 0.262 e. The first kappa shape index (κ1) is 20.3. The lowest BCUT2D eigenvalue weighted by Gasteiger charge is -2.34. The predicted octanol–water partition coefficient (Wildman–Crippen LogP) is 2.88. The van der Waals surface area contributed by atoms with Gasteiger partial charge in [-0.3, -0.25) is 14.3 Å². The quantitative estimate of drug-likeness (QED) is 0.461. The molecule has 6 rings (SSSR count). The summed E-state index contributed by atoms with van der Waals surface area (Å²) in [6.45, 7) is 7.40. The summed E-state index contributed by atoms with van der Waals surface area (Å²) in [6.07, 6.45) is 2.69. The summed E-state index contributed by atoms with van der Waals surface area (Å²) in [4.78, 5) is 32.0. The van der Waals surface area contributed by atoms with E-state index < -0.39 is 0 Å². The standard InChI is InChI=1S/C23H26N6OS2/c1-26-7-6-16-19(14-26)31-21-20(16)22(30)29(15-24-21)13-10-27-8-11-28(12-9-27)23-25-17-4-2-3-5-18(17)32-23/h2-5,15H,6-14H2,1H3. The molecule has 7 nitrogen and oxygen atoms in total. The van der Waals surface area contributed by atoms with E-state index >= 15 is 0 Å². The number of benzene rings is 1. The number of piperazine rings is 1. The maximum atomic E-state index is 13.2. The Morgan fingerprint density at radius 3 is 2.72 bits per heavy atom. The monoisotopic (exact) mass is 466 g/mol. The molecule has 1 saturated heterocycles. The Morgan fingerprint density at radius 2 is 1.88 bits per heavy atom. The van der Waals surface area contributed by atoms with Gasteiger partial charge in [-0.1, -0.05) is 23.5 Å². The van der Waals surface area contributed by atoms with E-state index in [-0.39, 0.29) is 5.56 Å². The Labute approximate surface area is 194 Å². The molecule has 0 amide bonds. The third-order valence-electron chi connectivity index (χ3n) is 6.60. The van der Waals surface area contributed by atoms with E-state index in [1.54, 1.807) is 29.0 Å². The van der Waals surface area contributed by atoms with E-state index in [1.165, 1.54) is 15.1 Å². The number of para-hydroxylation sites is 1. The molecule has 0 aliphatic carbocycles. The van der Waals surface area contributed by atoms with Gasteiger partial charge >= 0.3 is 0 Å². The molecule has 2 aliphatic rings. The van der Waals surface area contributed by atoms with Crippen LogP contribution in [0, 0.1) is 0 Å². The lowest BCUT2D eigenvalue weighted by Crippen LogP contribution is -2.47. The average Bonchev–Trinajstić information content (AvgIpc) is 3.40. The van der Waals surface area contributed by atoms with E-state index in [2.05, 4.69) is 44.9 Å². The van der Waals surface area contributed by atoms with Gasteiger partial charge in [0.05, 0.1) is 21.9 Å². The van der Waals surface area contributed by atoms with Crippen molar-refractivity contribution in [1.29, 1.82) is 0 Å². The van der Waals surface area contributed by atoms with E-state index in [0.717, 1.165) is 73.1 Å². The zero-order valence-electron chi connectivity index (χ0n) is 18.2. The molecular formula is C23H26N6OS2. The van der Waals surface area contributed by atoms with Gasteiger partial charge in [-0.2, -0.15) is 0 Å². The van der Waals surface area contributed by atoms with Crippen LogP contribution in [0.15, 0.2) is 35.4 Å². The highest BCUT2D eigenvalue weighted by molar-refractivity contribution is 7.22. The van der Waals surface area contributed by atoms with Crippen LogP contribution in [0.3, 0.4) is 0 Å². The van der Waals surface area contributed by atoms with Crippen LogP contribution in [0.5, 0.6) is 0 Å². The average molecular weight is 467 g/mol.